The monoisotopic (exact) mass is 728 g/mol. The third-order valence-corrected chi connectivity index (χ3v) is 11.1. The van der Waals surface area contributed by atoms with E-state index >= 15 is 4.79 Å². The molecule has 13 heteroatoms. The number of nitrogens with zero attached hydrogens (tertiary/aromatic N) is 3. The third kappa shape index (κ3) is 7.28. The Hall–Kier alpha value is -4.40. The number of carbonyl (C=O) groups is 4. The molecule has 7 rings (SSSR count). The van der Waals surface area contributed by atoms with Crippen LogP contribution in [0.4, 0.5) is 0 Å². The second kappa shape index (κ2) is 16.3. The molecule has 5 aliphatic heterocycles. The first-order chi connectivity index (χ1) is 25.9. The average molecular weight is 729 g/mol. The summed E-state index contributed by atoms with van der Waals surface area (Å²) in [5, 5.41) is 13.9. The van der Waals surface area contributed by atoms with E-state index in [1.165, 1.54) is 12.0 Å². The topological polar surface area (TPSA) is 147 Å². The lowest BCUT2D eigenvalue weighted by atomic mass is 9.74. The lowest BCUT2D eigenvalue weighted by Crippen LogP contribution is -2.57. The number of morpholine rings is 1. The Bertz CT molecular complexity index is 1680. The highest BCUT2D eigenvalue weighted by atomic mass is 16.6. The zero-order valence-corrected chi connectivity index (χ0v) is 30.0. The van der Waals surface area contributed by atoms with E-state index in [1.54, 1.807) is 17.1 Å². The summed E-state index contributed by atoms with van der Waals surface area (Å²) in [5.41, 5.74) is -0.190. The number of hydrogen-bond acceptors (Lipinski definition) is 10. The zero-order valence-electron chi connectivity index (χ0n) is 30.0. The van der Waals surface area contributed by atoms with Crippen LogP contribution in [0, 0.1) is 11.8 Å². The SMILES string of the molecule is COC[C@@H]1NC(=O)CC/C=C\CN(CCN2CCOCC2)C(=O)[C@H]2N([C@H](CO)c3ccccc3)C(=O)[C@@H]3[C@@H](C(=O)O[C@H]1c1ccccc1)[C@H]1C=C[C@]32O1. The number of ether oxygens (including phenoxy) is 4. The highest BCUT2D eigenvalue weighted by Crippen LogP contribution is 2.57. The number of carbonyl (C=O) groups excluding carboxylic acids is 4. The molecule has 3 amide bonds. The van der Waals surface area contributed by atoms with Gasteiger partial charge in [0.1, 0.15) is 23.7 Å². The van der Waals surface area contributed by atoms with Gasteiger partial charge in [0.15, 0.2) is 0 Å². The normalized spacial score (nSPS) is 32.0. The molecule has 3 saturated heterocycles. The molecule has 1 spiro atoms. The van der Waals surface area contributed by atoms with Crippen LogP contribution in [0.1, 0.15) is 36.1 Å². The summed E-state index contributed by atoms with van der Waals surface area (Å²) in [7, 11) is 1.51. The Morgan fingerprint density at radius 2 is 1.70 bits per heavy atom. The minimum Gasteiger partial charge on any atom is -0.455 e. The second-order valence-electron chi connectivity index (χ2n) is 14.2. The van der Waals surface area contributed by atoms with E-state index in [1.807, 2.05) is 72.8 Å². The summed E-state index contributed by atoms with van der Waals surface area (Å²) >= 11 is 0. The fourth-order valence-electron chi connectivity index (χ4n) is 8.50. The van der Waals surface area contributed by atoms with Crippen molar-refractivity contribution in [2.45, 2.75) is 48.8 Å². The van der Waals surface area contributed by atoms with Crippen LogP contribution in [0.3, 0.4) is 0 Å². The predicted molar refractivity (Wildman–Crippen MR) is 192 cm³/mol. The van der Waals surface area contributed by atoms with Gasteiger partial charge in [-0.2, -0.15) is 0 Å². The smallest absolute Gasteiger partial charge is 0.313 e. The zero-order chi connectivity index (χ0) is 37.0. The van der Waals surface area contributed by atoms with Crippen molar-refractivity contribution in [3.05, 3.63) is 96.1 Å². The molecule has 0 saturated carbocycles. The highest BCUT2D eigenvalue weighted by molar-refractivity contribution is 5.99. The first-order valence-electron chi connectivity index (χ1n) is 18.5. The molecular formula is C40H48N4O9. The van der Waals surface area contributed by atoms with E-state index in [9.17, 15) is 19.5 Å². The fraction of sp³-hybridized carbons (Fsp3) is 0.500. The van der Waals surface area contributed by atoms with Crippen LogP contribution >= 0.6 is 0 Å². The number of benzene rings is 2. The standard InChI is InChI=1S/C40H48N4O9/c1-50-26-29-35(28-13-7-3-8-14-28)52-39(49)33-31-16-17-40(53-31)34(33)37(47)44(30(25-45)27-11-5-2-6-12-27)36(40)38(48)43(18-10-4-9-15-32(46)41-29)20-19-42-21-23-51-24-22-42/h2-8,10-14,16-17,29-31,33-36,45H,9,15,18-26H2,1H3,(H,41,46)/b10-4-/t29-,30+,31+,33-,34-,35-,36+,40-/m0/s1. The number of aliphatic hydroxyl groups excluding tert-OH is 1. The van der Waals surface area contributed by atoms with E-state index in [4.69, 9.17) is 18.9 Å². The Kier molecular flexibility index (Phi) is 11.4. The number of methoxy groups -OCH3 is 1. The molecule has 0 radical (unpaired) electrons. The fourth-order valence-corrected chi connectivity index (χ4v) is 8.50. The Balaban J connectivity index is 1.31. The molecule has 5 aliphatic rings. The number of likely N-dealkylation sites (tertiary alicyclic amines) is 1. The first-order valence-corrected chi connectivity index (χ1v) is 18.5. The third-order valence-electron chi connectivity index (χ3n) is 11.1. The van der Waals surface area contributed by atoms with E-state index in [2.05, 4.69) is 10.2 Å². The van der Waals surface area contributed by atoms with Gasteiger partial charge in [0.25, 0.3) is 0 Å². The molecule has 5 bridgehead atoms. The minimum absolute atomic E-state index is 0.0585. The summed E-state index contributed by atoms with van der Waals surface area (Å²) in [6, 6.07) is 15.4. The van der Waals surface area contributed by atoms with Crippen LogP contribution in [-0.4, -0.2) is 134 Å². The number of nitrogens with one attached hydrogen (secondary N) is 1. The number of esters is 1. The van der Waals surface area contributed by atoms with Crippen LogP contribution in [-0.2, 0) is 38.1 Å². The van der Waals surface area contributed by atoms with Crippen LogP contribution < -0.4 is 5.32 Å². The van der Waals surface area contributed by atoms with Gasteiger partial charge in [-0.05, 0) is 17.5 Å². The first kappa shape index (κ1) is 36.9. The van der Waals surface area contributed by atoms with Crippen molar-refractivity contribution in [3.63, 3.8) is 0 Å². The summed E-state index contributed by atoms with van der Waals surface area (Å²) in [6.45, 7) is 3.45. The predicted octanol–water partition coefficient (Wildman–Crippen LogP) is 1.80. The molecule has 5 heterocycles. The molecule has 282 valence electrons. The lowest BCUT2D eigenvalue weighted by molar-refractivity contribution is -0.163. The maximum atomic E-state index is 15.2. The molecule has 13 nitrogen and oxygen atoms in total. The quantitative estimate of drug-likeness (QED) is 0.290. The molecule has 3 fully saturated rings. The number of hydrogen-bond donors (Lipinski definition) is 2. The largest absolute Gasteiger partial charge is 0.455 e. The van der Waals surface area contributed by atoms with Gasteiger partial charge in [-0.3, -0.25) is 24.1 Å². The maximum Gasteiger partial charge on any atom is 0.313 e. The Labute approximate surface area is 309 Å². The number of allylic oxidation sites excluding steroid dienone is 1. The Morgan fingerprint density at radius 1 is 0.962 bits per heavy atom. The van der Waals surface area contributed by atoms with E-state index < -0.39 is 66.3 Å². The second-order valence-corrected chi connectivity index (χ2v) is 14.2. The maximum absolute atomic E-state index is 15.2. The van der Waals surface area contributed by atoms with Gasteiger partial charge in [0, 0.05) is 46.3 Å². The van der Waals surface area contributed by atoms with Crippen molar-refractivity contribution >= 4 is 23.7 Å². The summed E-state index contributed by atoms with van der Waals surface area (Å²) in [4.78, 5) is 63.4. The van der Waals surface area contributed by atoms with Crippen molar-refractivity contribution in [2.75, 3.05) is 66.3 Å². The molecule has 8 atom stereocenters. The summed E-state index contributed by atoms with van der Waals surface area (Å²) in [6.07, 6.45) is 6.05. The van der Waals surface area contributed by atoms with E-state index in [0.29, 0.717) is 43.9 Å². The number of aliphatic hydroxyl groups is 1. The van der Waals surface area contributed by atoms with Gasteiger partial charge < -0.3 is 39.2 Å². The molecule has 0 aromatic heterocycles. The Morgan fingerprint density at radius 3 is 2.42 bits per heavy atom. The van der Waals surface area contributed by atoms with Gasteiger partial charge in [-0.25, -0.2) is 0 Å². The van der Waals surface area contributed by atoms with Crippen LogP contribution in [0.25, 0.3) is 0 Å². The van der Waals surface area contributed by atoms with E-state index in [-0.39, 0.29) is 31.4 Å². The van der Waals surface area contributed by atoms with Gasteiger partial charge in [-0.1, -0.05) is 85.0 Å². The molecule has 2 aromatic rings. The van der Waals surface area contributed by atoms with Gasteiger partial charge >= 0.3 is 5.97 Å². The molecule has 0 unspecified atom stereocenters. The van der Waals surface area contributed by atoms with Crippen molar-refractivity contribution in [2.24, 2.45) is 11.8 Å². The molecule has 2 N–H and O–H groups in total. The summed E-state index contributed by atoms with van der Waals surface area (Å²) in [5.74, 6) is -3.95. The van der Waals surface area contributed by atoms with Crippen LogP contribution in [0.5, 0.6) is 0 Å². The van der Waals surface area contributed by atoms with Crippen molar-refractivity contribution in [3.8, 4) is 0 Å². The number of rotatable bonds is 9. The summed E-state index contributed by atoms with van der Waals surface area (Å²) < 4.78 is 24.0. The van der Waals surface area contributed by atoms with Gasteiger partial charge in [0.2, 0.25) is 17.7 Å². The van der Waals surface area contributed by atoms with Gasteiger partial charge in [-0.15, -0.1) is 0 Å². The molecular weight excluding hydrogens is 680 g/mol. The highest BCUT2D eigenvalue weighted by Gasteiger charge is 2.74. The average Bonchev–Trinajstić information content (AvgIpc) is 3.83. The number of fused-ring (bicyclic) bond motifs is 2. The van der Waals surface area contributed by atoms with E-state index in [0.717, 1.165) is 13.1 Å². The van der Waals surface area contributed by atoms with Crippen molar-refractivity contribution in [1.29, 1.82) is 0 Å². The molecule has 53 heavy (non-hydrogen) atoms. The number of cyclic esters (lactones) is 1. The molecule has 0 aliphatic carbocycles. The van der Waals surface area contributed by atoms with Crippen LogP contribution in [0.2, 0.25) is 0 Å². The lowest BCUT2D eigenvalue weighted by Gasteiger charge is -2.39. The molecule has 2 aromatic carbocycles. The van der Waals surface area contributed by atoms with Crippen LogP contribution in [0.15, 0.2) is 85.0 Å². The number of amides is 3. The van der Waals surface area contributed by atoms with Crippen molar-refractivity contribution < 1.29 is 43.2 Å². The van der Waals surface area contributed by atoms with Gasteiger partial charge in [0.05, 0.1) is 50.5 Å². The van der Waals surface area contributed by atoms with Crippen molar-refractivity contribution in [1.82, 2.24) is 20.0 Å². The minimum atomic E-state index is -1.48.